The molecule has 1 fully saturated rings. The monoisotopic (exact) mass is 322 g/mol. The number of likely N-dealkylation sites (N-methyl/N-ethyl adjacent to an activating group) is 1. The van der Waals surface area contributed by atoms with Crippen LogP contribution >= 0.6 is 10.8 Å². The van der Waals surface area contributed by atoms with Crippen LogP contribution in [0.2, 0.25) is 0 Å². The number of benzene rings is 1. The fraction of sp³-hybridized carbons (Fsp3) is 0.333. The summed E-state index contributed by atoms with van der Waals surface area (Å²) in [6.07, 6.45) is 3.16. The first kappa shape index (κ1) is 15.2. The fourth-order valence-electron chi connectivity index (χ4n) is 2.86. The number of hydrogen-bond donors (Lipinski definition) is 3. The first-order chi connectivity index (χ1) is 10.4. The van der Waals surface area contributed by atoms with Crippen LogP contribution in [0.4, 0.5) is 0 Å². The second-order valence-corrected chi connectivity index (χ2v) is 7.56. The summed E-state index contributed by atoms with van der Waals surface area (Å²) in [6.45, 7) is 0. The predicted molar refractivity (Wildman–Crippen MR) is 84.8 cm³/mol. The molecule has 0 unspecified atom stereocenters. The highest BCUT2D eigenvalue weighted by Gasteiger charge is 2.52. The molecule has 3 N–H and O–H groups in total. The van der Waals surface area contributed by atoms with Crippen LogP contribution < -0.4 is 0 Å². The predicted octanol–water partition coefficient (Wildman–Crippen LogP) is 3.20. The first-order valence-corrected chi connectivity index (χ1v) is 8.49. The highest BCUT2D eigenvalue weighted by Crippen LogP contribution is 2.58. The van der Waals surface area contributed by atoms with Crippen LogP contribution in [0.1, 0.15) is 19.3 Å². The summed E-state index contributed by atoms with van der Waals surface area (Å²) in [4.78, 5) is 16.1. The number of para-hydroxylation sites is 1. The summed E-state index contributed by atoms with van der Waals surface area (Å²) in [5, 5.41) is 10.3. The Morgan fingerprint density at radius 1 is 1.27 bits per heavy atom. The third-order valence-corrected chi connectivity index (χ3v) is 6.49. The molecule has 0 saturated heterocycles. The van der Waals surface area contributed by atoms with E-state index < -0.39 is 22.3 Å². The average Bonchev–Trinajstić information content (AvgIpc) is 2.45. The fourth-order valence-corrected chi connectivity index (χ4v) is 4.60. The molecule has 1 aliphatic rings. The Labute approximate surface area is 129 Å². The number of fused-ring (bicyclic) bond motifs is 1. The van der Waals surface area contributed by atoms with Crippen molar-refractivity contribution in [2.24, 2.45) is 0 Å². The van der Waals surface area contributed by atoms with E-state index >= 15 is 0 Å². The second kappa shape index (κ2) is 5.20. The van der Waals surface area contributed by atoms with Crippen LogP contribution in [0, 0.1) is 0 Å². The normalized spacial score (nSPS) is 18.2. The lowest BCUT2D eigenvalue weighted by molar-refractivity contribution is -0.153. The molecule has 0 amide bonds. The SMILES string of the molecule is CN(C1(C(=O)O)CCC1)S(O)(O)c1cccc2cccnc12. The van der Waals surface area contributed by atoms with Crippen molar-refractivity contribution in [3.63, 3.8) is 0 Å². The van der Waals surface area contributed by atoms with Gasteiger partial charge < -0.3 is 5.11 Å². The average molecular weight is 322 g/mol. The van der Waals surface area contributed by atoms with Gasteiger partial charge in [-0.3, -0.25) is 18.9 Å². The number of carbonyl (C=O) groups is 1. The zero-order valence-electron chi connectivity index (χ0n) is 12.1. The van der Waals surface area contributed by atoms with Gasteiger partial charge in [0.15, 0.2) is 0 Å². The third-order valence-electron chi connectivity index (χ3n) is 4.45. The van der Waals surface area contributed by atoms with E-state index in [0.717, 1.165) is 11.8 Å². The molecule has 0 bridgehead atoms. The molecule has 3 rings (SSSR count). The third kappa shape index (κ3) is 2.09. The Morgan fingerprint density at radius 2 is 1.95 bits per heavy atom. The molecule has 1 heterocycles. The van der Waals surface area contributed by atoms with Gasteiger partial charge in [0.2, 0.25) is 0 Å². The maximum atomic E-state index is 11.6. The number of carboxylic acid groups (broad SMARTS) is 1. The van der Waals surface area contributed by atoms with Gasteiger partial charge in [0.1, 0.15) is 10.4 Å². The number of aromatic nitrogens is 1. The van der Waals surface area contributed by atoms with E-state index in [1.807, 2.05) is 12.1 Å². The van der Waals surface area contributed by atoms with Gasteiger partial charge in [0.05, 0.1) is 5.52 Å². The molecular formula is C15H18N2O4S. The molecule has 6 nitrogen and oxygen atoms in total. The summed E-state index contributed by atoms with van der Waals surface area (Å²) in [7, 11) is -1.98. The van der Waals surface area contributed by atoms with Crippen molar-refractivity contribution in [1.29, 1.82) is 0 Å². The summed E-state index contributed by atoms with van der Waals surface area (Å²) in [5.74, 6) is -1.02. The standard InChI is InChI=1S/C15H18N2O4S/c1-17(15(14(18)19)8-4-9-15)22(20,21)12-7-2-5-11-6-3-10-16-13(11)12/h2-3,5-7,10,20-21H,4,8-9H2,1H3,(H,18,19). The van der Waals surface area contributed by atoms with Crippen LogP contribution in [0.25, 0.3) is 10.9 Å². The molecular weight excluding hydrogens is 304 g/mol. The zero-order chi connectivity index (χ0) is 16.0. The van der Waals surface area contributed by atoms with Crippen molar-refractivity contribution < 1.29 is 19.0 Å². The van der Waals surface area contributed by atoms with E-state index in [9.17, 15) is 19.0 Å². The molecule has 118 valence electrons. The maximum absolute atomic E-state index is 11.6. The van der Waals surface area contributed by atoms with Gasteiger partial charge in [0, 0.05) is 18.6 Å². The van der Waals surface area contributed by atoms with Gasteiger partial charge in [0.25, 0.3) is 0 Å². The molecule has 1 aromatic carbocycles. The largest absolute Gasteiger partial charge is 0.480 e. The van der Waals surface area contributed by atoms with E-state index in [0.29, 0.717) is 18.4 Å². The van der Waals surface area contributed by atoms with Crippen molar-refractivity contribution in [2.75, 3.05) is 7.05 Å². The van der Waals surface area contributed by atoms with Gasteiger partial charge in [-0.1, -0.05) is 18.2 Å². The van der Waals surface area contributed by atoms with Crippen LogP contribution in [-0.2, 0) is 4.79 Å². The lowest BCUT2D eigenvalue weighted by Gasteiger charge is -2.53. The molecule has 1 saturated carbocycles. The summed E-state index contributed by atoms with van der Waals surface area (Å²) in [6, 6.07) is 8.74. The van der Waals surface area contributed by atoms with Crippen LogP contribution in [0.15, 0.2) is 41.4 Å². The van der Waals surface area contributed by atoms with E-state index in [4.69, 9.17) is 0 Å². The van der Waals surface area contributed by atoms with E-state index in [-0.39, 0.29) is 4.90 Å². The number of pyridine rings is 1. The lowest BCUT2D eigenvalue weighted by atomic mass is 9.77. The maximum Gasteiger partial charge on any atom is 0.325 e. The molecule has 1 aliphatic carbocycles. The second-order valence-electron chi connectivity index (χ2n) is 5.54. The summed E-state index contributed by atoms with van der Waals surface area (Å²) < 4.78 is 22.7. The van der Waals surface area contributed by atoms with Gasteiger partial charge in [-0.15, -0.1) is 10.8 Å². The van der Waals surface area contributed by atoms with Gasteiger partial charge in [-0.2, -0.15) is 4.31 Å². The van der Waals surface area contributed by atoms with E-state index in [1.165, 1.54) is 11.4 Å². The highest BCUT2D eigenvalue weighted by atomic mass is 32.3. The Kier molecular flexibility index (Phi) is 3.60. The number of carboxylic acids is 1. The molecule has 1 aromatic heterocycles. The first-order valence-electron chi connectivity index (χ1n) is 6.99. The number of hydrogen-bond acceptors (Lipinski definition) is 5. The van der Waals surface area contributed by atoms with Crippen LogP contribution in [0.3, 0.4) is 0 Å². The summed E-state index contributed by atoms with van der Waals surface area (Å²) >= 11 is 0. The topological polar surface area (TPSA) is 93.9 Å². The Balaban J connectivity index is 2.10. The Bertz CT molecular complexity index is 725. The Morgan fingerprint density at radius 3 is 2.55 bits per heavy atom. The number of nitrogens with zero attached hydrogens (tertiary/aromatic N) is 2. The van der Waals surface area contributed by atoms with E-state index in [2.05, 4.69) is 4.98 Å². The molecule has 7 heteroatoms. The minimum Gasteiger partial charge on any atom is -0.480 e. The van der Waals surface area contributed by atoms with E-state index in [1.54, 1.807) is 24.4 Å². The minimum atomic E-state index is -3.44. The molecule has 0 spiro atoms. The molecule has 0 atom stereocenters. The molecule has 22 heavy (non-hydrogen) atoms. The highest BCUT2D eigenvalue weighted by molar-refractivity contribution is 8.22. The minimum absolute atomic E-state index is 0.264. The number of aliphatic carboxylic acids is 1. The van der Waals surface area contributed by atoms with Crippen molar-refractivity contribution in [3.8, 4) is 0 Å². The Hall–Kier alpha value is -1.67. The summed E-state index contributed by atoms with van der Waals surface area (Å²) in [5.41, 5.74) is -0.729. The molecule has 2 aromatic rings. The smallest absolute Gasteiger partial charge is 0.325 e. The van der Waals surface area contributed by atoms with Crippen molar-refractivity contribution in [1.82, 2.24) is 9.29 Å². The van der Waals surface area contributed by atoms with Crippen molar-refractivity contribution in [3.05, 3.63) is 36.5 Å². The lowest BCUT2D eigenvalue weighted by Crippen LogP contribution is -2.58. The van der Waals surface area contributed by atoms with Gasteiger partial charge in [-0.05, 0) is 31.4 Å². The zero-order valence-corrected chi connectivity index (χ0v) is 13.0. The van der Waals surface area contributed by atoms with Crippen LogP contribution in [0.5, 0.6) is 0 Å². The quantitative estimate of drug-likeness (QED) is 0.800. The molecule has 0 aliphatic heterocycles. The molecule has 0 radical (unpaired) electrons. The van der Waals surface area contributed by atoms with Gasteiger partial charge in [-0.25, -0.2) is 0 Å². The van der Waals surface area contributed by atoms with Crippen molar-refractivity contribution in [2.45, 2.75) is 29.7 Å². The number of rotatable bonds is 4. The van der Waals surface area contributed by atoms with Gasteiger partial charge >= 0.3 is 5.97 Å². The van der Waals surface area contributed by atoms with Crippen LogP contribution in [-0.4, -0.2) is 42.1 Å². The van der Waals surface area contributed by atoms with Crippen molar-refractivity contribution >= 4 is 27.6 Å².